The van der Waals surface area contributed by atoms with Crippen molar-refractivity contribution in [1.29, 1.82) is 0 Å². The van der Waals surface area contributed by atoms with Gasteiger partial charge in [0.1, 0.15) is 12.4 Å². The summed E-state index contributed by atoms with van der Waals surface area (Å²) in [6, 6.07) is 16.9. The van der Waals surface area contributed by atoms with E-state index in [1.54, 1.807) is 42.5 Å². The Morgan fingerprint density at radius 2 is 1.77 bits per heavy atom. The number of nitrogens with zero attached hydrogens (tertiary/aromatic N) is 2. The van der Waals surface area contributed by atoms with Crippen LogP contribution in [0.25, 0.3) is 6.08 Å². The van der Waals surface area contributed by atoms with E-state index in [0.717, 1.165) is 0 Å². The maximum atomic E-state index is 13.9. The van der Waals surface area contributed by atoms with E-state index in [1.807, 2.05) is 0 Å². The highest BCUT2D eigenvalue weighted by Gasteiger charge is 2.16. The van der Waals surface area contributed by atoms with Crippen LogP contribution in [0.5, 0.6) is 11.5 Å². The minimum Gasteiger partial charge on any atom is -0.493 e. The summed E-state index contributed by atoms with van der Waals surface area (Å²) in [6.07, 6.45) is 5.73. The van der Waals surface area contributed by atoms with E-state index in [2.05, 4.69) is 35.9 Å². The maximum absolute atomic E-state index is 13.9. The summed E-state index contributed by atoms with van der Waals surface area (Å²) >= 11 is 3.44. The van der Waals surface area contributed by atoms with Crippen molar-refractivity contribution < 1.29 is 27.1 Å². The van der Waals surface area contributed by atoms with Crippen LogP contribution >= 0.6 is 15.9 Å². The monoisotopic (exact) mass is 612 g/mol. The predicted molar refractivity (Wildman–Crippen MR) is 148 cm³/mol. The zero-order valence-corrected chi connectivity index (χ0v) is 22.9. The molecule has 200 valence electrons. The highest BCUT2D eigenvalue weighted by atomic mass is 79.9. The fourth-order valence-electron chi connectivity index (χ4n) is 3.35. The first-order valence-corrected chi connectivity index (χ1v) is 13.7. The van der Waals surface area contributed by atoms with Crippen LogP contribution in [0.15, 0.2) is 94.6 Å². The average molecular weight is 613 g/mol. The van der Waals surface area contributed by atoms with Crippen molar-refractivity contribution >= 4 is 49.6 Å². The minimum atomic E-state index is -3.89. The second kappa shape index (κ2) is 12.5. The standard InChI is InChI=1S/C27H22BrFN4O5S/c1-37-24-16-18(15-22(28)26(24)38-17-19-5-2-3-6-23(19)29)7-12-25(34)32-20-8-10-21(11-9-20)39(35,36)33-27-30-13-4-14-31-27/h2-16H,17H2,1H3,(H,32,34)(H,30,31,33)/b12-7+. The Hall–Kier alpha value is -4.29. The Labute approximate surface area is 232 Å². The Morgan fingerprint density at radius 3 is 2.46 bits per heavy atom. The van der Waals surface area contributed by atoms with Gasteiger partial charge in [-0.2, -0.15) is 0 Å². The Morgan fingerprint density at radius 1 is 1.05 bits per heavy atom. The number of carbonyl (C=O) groups excluding carboxylic acids is 1. The summed E-state index contributed by atoms with van der Waals surface area (Å²) in [6.45, 7) is 0.00934. The zero-order valence-electron chi connectivity index (χ0n) is 20.5. The van der Waals surface area contributed by atoms with Gasteiger partial charge in [0.25, 0.3) is 10.0 Å². The third-order valence-electron chi connectivity index (χ3n) is 5.23. The largest absolute Gasteiger partial charge is 0.493 e. The minimum absolute atomic E-state index is 0.00934. The number of carbonyl (C=O) groups is 1. The smallest absolute Gasteiger partial charge is 0.264 e. The summed E-state index contributed by atoms with van der Waals surface area (Å²) in [5.74, 6) is -0.0602. The van der Waals surface area contributed by atoms with Gasteiger partial charge in [0.15, 0.2) is 11.5 Å². The fourth-order valence-corrected chi connectivity index (χ4v) is 4.88. The van der Waals surface area contributed by atoms with Crippen LogP contribution < -0.4 is 19.5 Å². The van der Waals surface area contributed by atoms with Crippen LogP contribution in [-0.4, -0.2) is 31.4 Å². The van der Waals surface area contributed by atoms with Crippen molar-refractivity contribution in [3.63, 3.8) is 0 Å². The third kappa shape index (κ3) is 7.39. The number of amides is 1. The molecule has 0 radical (unpaired) electrons. The van der Waals surface area contributed by atoms with Gasteiger partial charge in [-0.25, -0.2) is 27.5 Å². The van der Waals surface area contributed by atoms with Crippen molar-refractivity contribution in [3.05, 3.63) is 107 Å². The Bertz CT molecular complexity index is 1600. The molecule has 0 atom stereocenters. The van der Waals surface area contributed by atoms with Crippen LogP contribution in [0.2, 0.25) is 0 Å². The van der Waals surface area contributed by atoms with Gasteiger partial charge >= 0.3 is 0 Å². The molecule has 0 aliphatic heterocycles. The molecule has 1 aromatic heterocycles. The average Bonchev–Trinajstić information content (AvgIpc) is 2.92. The molecule has 0 aliphatic rings. The summed E-state index contributed by atoms with van der Waals surface area (Å²) in [7, 11) is -2.41. The van der Waals surface area contributed by atoms with Crippen LogP contribution in [0.4, 0.5) is 16.0 Å². The van der Waals surface area contributed by atoms with Crippen molar-refractivity contribution in [1.82, 2.24) is 9.97 Å². The van der Waals surface area contributed by atoms with Crippen molar-refractivity contribution in [2.75, 3.05) is 17.1 Å². The molecule has 3 aromatic carbocycles. The first kappa shape index (κ1) is 27.7. The van der Waals surface area contributed by atoms with Crippen molar-refractivity contribution in [3.8, 4) is 11.5 Å². The van der Waals surface area contributed by atoms with Crippen molar-refractivity contribution in [2.24, 2.45) is 0 Å². The molecule has 39 heavy (non-hydrogen) atoms. The Balaban J connectivity index is 1.39. The molecule has 0 saturated heterocycles. The third-order valence-corrected chi connectivity index (χ3v) is 7.17. The highest BCUT2D eigenvalue weighted by molar-refractivity contribution is 9.10. The first-order valence-electron chi connectivity index (χ1n) is 11.4. The van der Waals surface area contributed by atoms with Gasteiger partial charge < -0.3 is 14.8 Å². The van der Waals surface area contributed by atoms with E-state index >= 15 is 0 Å². The number of aromatic nitrogens is 2. The molecule has 0 spiro atoms. The molecule has 12 heteroatoms. The van der Waals surface area contributed by atoms with Crippen LogP contribution in [0.1, 0.15) is 11.1 Å². The molecule has 1 heterocycles. The Kier molecular flexibility index (Phi) is 8.89. The van der Waals surface area contributed by atoms with E-state index in [9.17, 15) is 17.6 Å². The van der Waals surface area contributed by atoms with Gasteiger partial charge in [-0.05, 0) is 76.1 Å². The second-order valence-electron chi connectivity index (χ2n) is 7.94. The van der Waals surface area contributed by atoms with Crippen LogP contribution in [0, 0.1) is 5.82 Å². The lowest BCUT2D eigenvalue weighted by atomic mass is 10.1. The molecule has 9 nitrogen and oxygen atoms in total. The fraction of sp³-hybridized carbons (Fsp3) is 0.0741. The molecule has 0 fully saturated rings. The number of anilines is 2. The SMILES string of the molecule is COc1cc(/C=C/C(=O)Nc2ccc(S(=O)(=O)Nc3ncccn3)cc2)cc(Br)c1OCc1ccccc1F. The summed E-state index contributed by atoms with van der Waals surface area (Å²) in [5.41, 5.74) is 1.44. The number of methoxy groups -OCH3 is 1. The summed E-state index contributed by atoms with van der Waals surface area (Å²) < 4.78 is 53.0. The first-order chi connectivity index (χ1) is 18.7. The van der Waals surface area contributed by atoms with E-state index in [1.165, 1.54) is 55.9 Å². The van der Waals surface area contributed by atoms with Gasteiger partial charge in [-0.3, -0.25) is 4.79 Å². The predicted octanol–water partition coefficient (Wildman–Crippen LogP) is 5.42. The molecule has 0 unspecified atom stereocenters. The normalized spacial score (nSPS) is 11.3. The number of rotatable bonds is 10. The van der Waals surface area contributed by atoms with Gasteiger partial charge in [0.2, 0.25) is 11.9 Å². The lowest BCUT2D eigenvalue weighted by molar-refractivity contribution is -0.111. The number of halogens is 2. The van der Waals surface area contributed by atoms with Crippen molar-refractivity contribution in [2.45, 2.75) is 11.5 Å². The number of sulfonamides is 1. The zero-order chi connectivity index (χ0) is 27.8. The van der Waals surface area contributed by atoms with E-state index in [0.29, 0.717) is 32.8 Å². The molecule has 0 saturated carbocycles. The van der Waals surface area contributed by atoms with Crippen LogP contribution in [-0.2, 0) is 21.4 Å². The number of hydrogen-bond acceptors (Lipinski definition) is 7. The summed E-state index contributed by atoms with van der Waals surface area (Å²) in [4.78, 5) is 20.1. The number of nitrogens with one attached hydrogen (secondary N) is 2. The molecular formula is C27H22BrFN4O5S. The molecular weight excluding hydrogens is 591 g/mol. The lowest BCUT2D eigenvalue weighted by Crippen LogP contribution is -2.15. The van der Waals surface area contributed by atoms with Gasteiger partial charge in [-0.15, -0.1) is 0 Å². The number of hydrogen-bond donors (Lipinski definition) is 2. The lowest BCUT2D eigenvalue weighted by Gasteiger charge is -2.14. The molecule has 4 aromatic rings. The van der Waals surface area contributed by atoms with E-state index in [4.69, 9.17) is 9.47 Å². The molecule has 2 N–H and O–H groups in total. The van der Waals surface area contributed by atoms with Gasteiger partial charge in [0.05, 0.1) is 16.5 Å². The van der Waals surface area contributed by atoms with Gasteiger partial charge in [0, 0.05) is 29.7 Å². The molecule has 0 aliphatic carbocycles. The quantitative estimate of drug-likeness (QED) is 0.229. The number of ether oxygens (including phenoxy) is 2. The highest BCUT2D eigenvalue weighted by Crippen LogP contribution is 2.37. The van der Waals surface area contributed by atoms with E-state index in [-0.39, 0.29) is 23.3 Å². The van der Waals surface area contributed by atoms with Gasteiger partial charge in [-0.1, -0.05) is 18.2 Å². The second-order valence-corrected chi connectivity index (χ2v) is 10.5. The molecule has 0 bridgehead atoms. The summed E-state index contributed by atoms with van der Waals surface area (Å²) in [5, 5.41) is 2.67. The maximum Gasteiger partial charge on any atom is 0.264 e. The van der Waals surface area contributed by atoms with Crippen LogP contribution in [0.3, 0.4) is 0 Å². The molecule has 1 amide bonds. The topological polar surface area (TPSA) is 120 Å². The van der Waals surface area contributed by atoms with E-state index < -0.39 is 15.9 Å². The number of benzene rings is 3. The molecule has 4 rings (SSSR count).